The van der Waals surface area contributed by atoms with Gasteiger partial charge < -0.3 is 0 Å². The maximum absolute atomic E-state index is 13.3. The maximum atomic E-state index is 13.3. The van der Waals surface area contributed by atoms with Crippen molar-refractivity contribution in [3.8, 4) is 0 Å². The molecule has 0 aromatic carbocycles. The Labute approximate surface area is 178 Å². The fourth-order valence-electron chi connectivity index (χ4n) is 3.34. The van der Waals surface area contributed by atoms with Gasteiger partial charge >= 0.3 is 0 Å². The molecule has 0 aliphatic carbocycles. The van der Waals surface area contributed by atoms with Crippen molar-refractivity contribution in [1.29, 1.82) is 0 Å². The topological polar surface area (TPSA) is 51.2 Å². The van der Waals surface area contributed by atoms with Gasteiger partial charge in [0.1, 0.15) is 0 Å². The first kappa shape index (κ1) is 27.0. The molecule has 0 fully saturated rings. The van der Waals surface area contributed by atoms with E-state index in [1.165, 1.54) is 0 Å². The van der Waals surface area contributed by atoms with Crippen LogP contribution in [-0.2, 0) is 14.4 Å². The Hall–Kier alpha value is -2.03. The third-order valence-corrected chi connectivity index (χ3v) is 5.26. The average Bonchev–Trinajstić information content (AvgIpc) is 2.67. The van der Waals surface area contributed by atoms with Crippen molar-refractivity contribution in [2.75, 3.05) is 0 Å². The van der Waals surface area contributed by atoms with Gasteiger partial charge in [0.15, 0.2) is 17.3 Å². The predicted octanol–water partition coefficient (Wildman–Crippen LogP) is 6.74. The summed E-state index contributed by atoms with van der Waals surface area (Å²) in [5, 5.41) is 0. The van der Waals surface area contributed by atoms with Crippen LogP contribution < -0.4 is 0 Å². The van der Waals surface area contributed by atoms with Gasteiger partial charge in [0.2, 0.25) is 0 Å². The minimum atomic E-state index is -1.20. The van der Waals surface area contributed by atoms with E-state index >= 15 is 0 Å². The van der Waals surface area contributed by atoms with E-state index < -0.39 is 11.3 Å². The molecule has 0 heterocycles. The summed E-state index contributed by atoms with van der Waals surface area (Å²) in [7, 11) is 0. The molecule has 0 radical (unpaired) electrons. The molecule has 2 atom stereocenters. The molecule has 0 aromatic rings. The summed E-state index contributed by atoms with van der Waals surface area (Å²) in [5.74, 6) is -1.13. The van der Waals surface area contributed by atoms with Gasteiger partial charge in [0, 0.05) is 11.5 Å². The summed E-state index contributed by atoms with van der Waals surface area (Å²) < 4.78 is 0. The van der Waals surface area contributed by atoms with E-state index in [4.69, 9.17) is 0 Å². The summed E-state index contributed by atoms with van der Waals surface area (Å²) in [6, 6.07) is 0. The van der Waals surface area contributed by atoms with Crippen molar-refractivity contribution in [3.05, 3.63) is 47.6 Å². The highest BCUT2D eigenvalue weighted by Gasteiger charge is 2.45. The number of carbonyl (C=O) groups excluding carboxylic acids is 3. The maximum Gasteiger partial charge on any atom is 0.182 e. The Morgan fingerprint density at radius 1 is 0.793 bits per heavy atom. The zero-order valence-electron chi connectivity index (χ0n) is 19.5. The lowest BCUT2D eigenvalue weighted by atomic mass is 9.65. The van der Waals surface area contributed by atoms with Crippen LogP contribution in [0.2, 0.25) is 0 Å². The highest BCUT2D eigenvalue weighted by atomic mass is 16.1. The quantitative estimate of drug-likeness (QED) is 0.303. The fraction of sp³-hybridized carbons (Fsp3) is 0.577. The van der Waals surface area contributed by atoms with Crippen LogP contribution in [0.5, 0.6) is 0 Å². The second-order valence-electron chi connectivity index (χ2n) is 8.00. The Morgan fingerprint density at radius 3 is 1.69 bits per heavy atom. The van der Waals surface area contributed by atoms with Crippen LogP contribution in [-0.4, -0.2) is 17.3 Å². The number of hydrogen-bond acceptors (Lipinski definition) is 3. The molecule has 2 unspecified atom stereocenters. The standard InChI is InChI=1S/C26H40O3/c1-8-11-14-17-22(27)21(6)26(7,24(29)19-16-13-10-3)25(20(4)5)23(28)18-15-12-9-2/h14-19,21H,8-13H2,1-7H3. The van der Waals surface area contributed by atoms with Crippen LogP contribution >= 0.6 is 0 Å². The predicted molar refractivity (Wildman–Crippen MR) is 123 cm³/mol. The summed E-state index contributed by atoms with van der Waals surface area (Å²) >= 11 is 0. The van der Waals surface area contributed by atoms with Crippen LogP contribution in [0.15, 0.2) is 47.6 Å². The molecule has 0 spiro atoms. The smallest absolute Gasteiger partial charge is 0.182 e. The van der Waals surface area contributed by atoms with Crippen LogP contribution in [0, 0.1) is 11.3 Å². The van der Waals surface area contributed by atoms with E-state index in [0.29, 0.717) is 5.57 Å². The molecule has 3 nitrogen and oxygen atoms in total. The summed E-state index contributed by atoms with van der Waals surface area (Å²) in [6.07, 6.45) is 15.4. The molecular formula is C26H40O3. The molecule has 0 aliphatic heterocycles. The van der Waals surface area contributed by atoms with Crippen molar-refractivity contribution < 1.29 is 14.4 Å². The van der Waals surface area contributed by atoms with Gasteiger partial charge in [-0.2, -0.15) is 0 Å². The molecule has 0 saturated carbocycles. The van der Waals surface area contributed by atoms with Crippen molar-refractivity contribution in [2.24, 2.45) is 11.3 Å². The minimum Gasteiger partial charge on any atom is -0.295 e. The van der Waals surface area contributed by atoms with Crippen molar-refractivity contribution in [1.82, 2.24) is 0 Å². The molecule has 0 saturated heterocycles. The molecule has 29 heavy (non-hydrogen) atoms. The van der Waals surface area contributed by atoms with Gasteiger partial charge in [-0.3, -0.25) is 14.4 Å². The number of hydrogen-bond donors (Lipinski definition) is 0. The lowest BCUT2D eigenvalue weighted by molar-refractivity contribution is -0.132. The van der Waals surface area contributed by atoms with Crippen LogP contribution in [0.1, 0.15) is 87.0 Å². The van der Waals surface area contributed by atoms with Crippen LogP contribution in [0.25, 0.3) is 0 Å². The van der Waals surface area contributed by atoms with Gasteiger partial charge in [-0.1, -0.05) is 70.8 Å². The molecule has 3 heteroatoms. The molecular weight excluding hydrogens is 360 g/mol. The van der Waals surface area contributed by atoms with Gasteiger partial charge in [0.25, 0.3) is 0 Å². The van der Waals surface area contributed by atoms with Gasteiger partial charge in [0.05, 0.1) is 5.41 Å². The third kappa shape index (κ3) is 8.08. The number of unbranched alkanes of at least 4 members (excludes halogenated alkanes) is 3. The molecule has 0 bridgehead atoms. The SMILES string of the molecule is CCCC=CC(=O)C(=C(C)C)C(C)(C(=O)C=CCCC)C(C)C(=O)C=CCCC. The Kier molecular flexibility index (Phi) is 13.0. The van der Waals surface area contributed by atoms with E-state index in [0.717, 1.165) is 44.1 Å². The molecule has 0 amide bonds. The Bertz CT molecular complexity index is 672. The highest BCUT2D eigenvalue weighted by Crippen LogP contribution is 2.40. The van der Waals surface area contributed by atoms with Gasteiger partial charge in [-0.15, -0.1) is 0 Å². The van der Waals surface area contributed by atoms with Crippen LogP contribution in [0.3, 0.4) is 0 Å². The molecule has 0 aliphatic rings. The normalized spacial score (nSPS) is 15.0. The first-order valence-corrected chi connectivity index (χ1v) is 11.0. The van der Waals surface area contributed by atoms with E-state index in [9.17, 15) is 14.4 Å². The third-order valence-electron chi connectivity index (χ3n) is 5.26. The Morgan fingerprint density at radius 2 is 1.24 bits per heavy atom. The van der Waals surface area contributed by atoms with E-state index in [-0.39, 0.29) is 17.3 Å². The minimum absolute atomic E-state index is 0.123. The number of ketones is 3. The first-order chi connectivity index (χ1) is 13.7. The molecule has 0 N–H and O–H groups in total. The second kappa shape index (κ2) is 14.0. The largest absolute Gasteiger partial charge is 0.295 e. The van der Waals surface area contributed by atoms with E-state index in [1.807, 2.05) is 52.8 Å². The lowest BCUT2D eigenvalue weighted by Gasteiger charge is -2.34. The first-order valence-electron chi connectivity index (χ1n) is 11.0. The van der Waals surface area contributed by atoms with E-state index in [1.54, 1.807) is 32.1 Å². The molecule has 162 valence electrons. The molecule has 0 rings (SSSR count). The summed E-state index contributed by atoms with van der Waals surface area (Å²) in [6.45, 7) is 13.3. The zero-order valence-corrected chi connectivity index (χ0v) is 19.5. The zero-order chi connectivity index (χ0) is 22.4. The van der Waals surface area contributed by atoms with Crippen molar-refractivity contribution in [3.63, 3.8) is 0 Å². The lowest BCUT2D eigenvalue weighted by Crippen LogP contribution is -2.42. The van der Waals surface area contributed by atoms with Crippen LogP contribution in [0.4, 0.5) is 0 Å². The van der Waals surface area contributed by atoms with Crippen molar-refractivity contribution in [2.45, 2.75) is 87.0 Å². The number of rotatable bonds is 14. The average molecular weight is 401 g/mol. The second-order valence-corrected chi connectivity index (χ2v) is 8.00. The monoisotopic (exact) mass is 400 g/mol. The molecule has 0 aromatic heterocycles. The number of allylic oxidation sites excluding steroid dienone is 8. The van der Waals surface area contributed by atoms with Gasteiger partial charge in [-0.25, -0.2) is 0 Å². The van der Waals surface area contributed by atoms with E-state index in [2.05, 4.69) is 0 Å². The summed E-state index contributed by atoms with van der Waals surface area (Å²) in [5.41, 5.74) is -0.00141. The fourth-order valence-corrected chi connectivity index (χ4v) is 3.34. The number of carbonyl (C=O) groups is 3. The summed E-state index contributed by atoms with van der Waals surface area (Å²) in [4.78, 5) is 39.3. The Balaban J connectivity index is 6.31. The highest BCUT2D eigenvalue weighted by molar-refractivity contribution is 6.14. The van der Waals surface area contributed by atoms with Gasteiger partial charge in [-0.05, 0) is 58.3 Å². The van der Waals surface area contributed by atoms with Crippen molar-refractivity contribution >= 4 is 17.3 Å².